The van der Waals surface area contributed by atoms with Crippen LogP contribution in [0.15, 0.2) is 28.9 Å². The van der Waals surface area contributed by atoms with Gasteiger partial charge in [0.15, 0.2) is 11.4 Å². The van der Waals surface area contributed by atoms with E-state index < -0.39 is 0 Å². The van der Waals surface area contributed by atoms with Crippen molar-refractivity contribution in [1.29, 1.82) is 0 Å². The van der Waals surface area contributed by atoms with Gasteiger partial charge in [-0.3, -0.25) is 4.79 Å². The monoisotopic (exact) mass is 398 g/mol. The second-order valence-electron chi connectivity index (χ2n) is 7.60. The molecule has 1 unspecified atom stereocenters. The fraction of sp³-hybridized carbons (Fsp3) is 0.500. The fourth-order valence-electron chi connectivity index (χ4n) is 3.72. The normalized spacial score (nSPS) is 16.9. The van der Waals surface area contributed by atoms with Crippen LogP contribution in [0.1, 0.15) is 25.1 Å². The predicted molar refractivity (Wildman–Crippen MR) is 108 cm³/mol. The van der Waals surface area contributed by atoms with E-state index in [0.29, 0.717) is 19.0 Å². The number of aryl methyl sites for hydroxylation is 1. The Labute approximate surface area is 169 Å². The minimum absolute atomic E-state index is 0.113. The predicted octanol–water partition coefficient (Wildman–Crippen LogP) is 2.23. The van der Waals surface area contributed by atoms with Crippen LogP contribution in [0.3, 0.4) is 0 Å². The second-order valence-corrected chi connectivity index (χ2v) is 7.60. The quantitative estimate of drug-likeness (QED) is 0.629. The van der Waals surface area contributed by atoms with E-state index in [4.69, 9.17) is 9.15 Å². The molecule has 2 aromatic heterocycles. The zero-order chi connectivity index (χ0) is 20.4. The SMILES string of the molecule is COc1ccc2oc(N3CCCC(CC(=O)N(C)Cc4nncn4C)C3)nc2c1. The van der Waals surface area contributed by atoms with E-state index in [0.717, 1.165) is 48.6 Å². The van der Waals surface area contributed by atoms with Crippen molar-refractivity contribution < 1.29 is 13.9 Å². The molecule has 1 aliphatic heterocycles. The average Bonchev–Trinajstić information content (AvgIpc) is 3.33. The van der Waals surface area contributed by atoms with Crippen LogP contribution in [0.4, 0.5) is 6.01 Å². The number of hydrogen-bond acceptors (Lipinski definition) is 7. The molecule has 0 saturated carbocycles. The van der Waals surface area contributed by atoms with Gasteiger partial charge < -0.3 is 23.5 Å². The first-order chi connectivity index (χ1) is 14.0. The number of fused-ring (bicyclic) bond motifs is 1. The van der Waals surface area contributed by atoms with Crippen molar-refractivity contribution in [2.24, 2.45) is 13.0 Å². The lowest BCUT2D eigenvalue weighted by Crippen LogP contribution is -2.38. The van der Waals surface area contributed by atoms with Gasteiger partial charge >= 0.3 is 0 Å². The lowest BCUT2D eigenvalue weighted by atomic mass is 9.94. The summed E-state index contributed by atoms with van der Waals surface area (Å²) in [5, 5.41) is 7.92. The highest BCUT2D eigenvalue weighted by Crippen LogP contribution is 2.29. The van der Waals surface area contributed by atoms with Gasteiger partial charge in [-0.2, -0.15) is 4.98 Å². The summed E-state index contributed by atoms with van der Waals surface area (Å²) in [5.74, 6) is 1.91. The van der Waals surface area contributed by atoms with Crippen molar-refractivity contribution in [2.45, 2.75) is 25.8 Å². The van der Waals surface area contributed by atoms with Gasteiger partial charge in [-0.05, 0) is 30.9 Å². The maximum absolute atomic E-state index is 12.7. The van der Waals surface area contributed by atoms with Crippen LogP contribution < -0.4 is 9.64 Å². The van der Waals surface area contributed by atoms with Gasteiger partial charge in [0.25, 0.3) is 6.01 Å². The number of anilines is 1. The first-order valence-corrected chi connectivity index (χ1v) is 9.80. The number of nitrogens with zero attached hydrogens (tertiary/aromatic N) is 6. The maximum atomic E-state index is 12.7. The summed E-state index contributed by atoms with van der Waals surface area (Å²) in [6, 6.07) is 6.21. The van der Waals surface area contributed by atoms with Crippen LogP contribution >= 0.6 is 0 Å². The largest absolute Gasteiger partial charge is 0.497 e. The molecule has 0 radical (unpaired) electrons. The van der Waals surface area contributed by atoms with Crippen LogP contribution in [-0.4, -0.2) is 57.8 Å². The number of piperidine rings is 1. The van der Waals surface area contributed by atoms with E-state index in [1.165, 1.54) is 0 Å². The number of oxazole rings is 1. The summed E-state index contributed by atoms with van der Waals surface area (Å²) >= 11 is 0. The lowest BCUT2D eigenvalue weighted by molar-refractivity contribution is -0.131. The van der Waals surface area contributed by atoms with E-state index in [2.05, 4.69) is 20.1 Å². The summed E-state index contributed by atoms with van der Waals surface area (Å²) < 4.78 is 13.0. The summed E-state index contributed by atoms with van der Waals surface area (Å²) in [6.07, 6.45) is 4.17. The first-order valence-electron chi connectivity index (χ1n) is 9.80. The topological polar surface area (TPSA) is 89.5 Å². The van der Waals surface area contributed by atoms with Gasteiger partial charge in [-0.25, -0.2) is 0 Å². The number of aromatic nitrogens is 4. The number of amides is 1. The van der Waals surface area contributed by atoms with Crippen LogP contribution in [0.5, 0.6) is 5.75 Å². The third-order valence-corrected chi connectivity index (χ3v) is 5.45. The van der Waals surface area contributed by atoms with Gasteiger partial charge in [-0.15, -0.1) is 10.2 Å². The van der Waals surface area contributed by atoms with E-state index in [-0.39, 0.29) is 11.8 Å². The highest BCUT2D eigenvalue weighted by atomic mass is 16.5. The molecule has 154 valence electrons. The molecule has 0 aliphatic carbocycles. The number of ether oxygens (including phenoxy) is 1. The minimum atomic E-state index is 0.113. The van der Waals surface area contributed by atoms with Crippen molar-refractivity contribution in [3.63, 3.8) is 0 Å². The molecule has 3 heterocycles. The molecule has 4 rings (SSSR count). The van der Waals surface area contributed by atoms with Crippen molar-refractivity contribution >= 4 is 23.0 Å². The molecule has 1 amide bonds. The molecule has 9 nitrogen and oxygen atoms in total. The molecule has 29 heavy (non-hydrogen) atoms. The van der Waals surface area contributed by atoms with Gasteiger partial charge in [0.05, 0.1) is 13.7 Å². The molecule has 1 saturated heterocycles. The summed E-state index contributed by atoms with van der Waals surface area (Å²) in [6.45, 7) is 2.09. The van der Waals surface area contributed by atoms with E-state index in [9.17, 15) is 4.79 Å². The molecule has 1 aromatic carbocycles. The van der Waals surface area contributed by atoms with Crippen LogP contribution in [-0.2, 0) is 18.4 Å². The Morgan fingerprint density at radius 1 is 1.41 bits per heavy atom. The number of hydrogen-bond donors (Lipinski definition) is 0. The molecule has 1 fully saturated rings. The number of carbonyl (C=O) groups is 1. The van der Waals surface area contributed by atoms with Gasteiger partial charge in [0.1, 0.15) is 17.6 Å². The number of methoxy groups -OCH3 is 1. The van der Waals surface area contributed by atoms with Crippen molar-refractivity contribution in [1.82, 2.24) is 24.6 Å². The fourth-order valence-corrected chi connectivity index (χ4v) is 3.72. The molecule has 9 heteroatoms. The summed E-state index contributed by atoms with van der Waals surface area (Å²) in [4.78, 5) is 21.2. The van der Waals surface area contributed by atoms with Crippen molar-refractivity contribution in [3.8, 4) is 5.75 Å². The molecular formula is C20H26N6O3. The molecular weight excluding hydrogens is 372 g/mol. The highest BCUT2D eigenvalue weighted by Gasteiger charge is 2.26. The van der Waals surface area contributed by atoms with E-state index in [1.54, 1.807) is 18.3 Å². The summed E-state index contributed by atoms with van der Waals surface area (Å²) in [7, 11) is 5.32. The molecule has 3 aromatic rings. The van der Waals surface area contributed by atoms with Gasteiger partial charge in [0.2, 0.25) is 5.91 Å². The lowest BCUT2D eigenvalue weighted by Gasteiger charge is -2.32. The Hall–Kier alpha value is -3.10. The molecule has 0 spiro atoms. The third-order valence-electron chi connectivity index (χ3n) is 5.45. The Morgan fingerprint density at radius 3 is 3.03 bits per heavy atom. The smallest absolute Gasteiger partial charge is 0.298 e. The molecule has 0 bridgehead atoms. The standard InChI is InChI=1S/C20H26N6O3/c1-24(12-18-23-21-13-25(18)2)19(27)9-14-5-4-8-26(11-14)20-22-16-10-15(28-3)6-7-17(16)29-20/h6-7,10,13-14H,4-5,8-9,11-12H2,1-3H3. The van der Waals surface area contributed by atoms with Gasteiger partial charge in [-0.1, -0.05) is 0 Å². The number of rotatable bonds is 6. The Bertz CT molecular complexity index is 997. The average molecular weight is 398 g/mol. The number of benzene rings is 1. The van der Waals surface area contributed by atoms with Gasteiger partial charge in [0, 0.05) is 39.7 Å². The van der Waals surface area contributed by atoms with Crippen molar-refractivity contribution in [2.75, 3.05) is 32.1 Å². The molecule has 1 atom stereocenters. The van der Waals surface area contributed by atoms with Crippen LogP contribution in [0, 0.1) is 5.92 Å². The minimum Gasteiger partial charge on any atom is -0.497 e. The number of carbonyl (C=O) groups excluding carboxylic acids is 1. The second kappa shape index (κ2) is 8.10. The Morgan fingerprint density at radius 2 is 2.28 bits per heavy atom. The van der Waals surface area contributed by atoms with Crippen molar-refractivity contribution in [3.05, 3.63) is 30.4 Å². The zero-order valence-electron chi connectivity index (χ0n) is 17.0. The molecule has 0 N–H and O–H groups in total. The Balaban J connectivity index is 1.39. The van der Waals surface area contributed by atoms with E-state index in [1.807, 2.05) is 36.9 Å². The maximum Gasteiger partial charge on any atom is 0.298 e. The first kappa shape index (κ1) is 19.2. The highest BCUT2D eigenvalue weighted by molar-refractivity contribution is 5.77. The molecule has 1 aliphatic rings. The van der Waals surface area contributed by atoms with Crippen LogP contribution in [0.2, 0.25) is 0 Å². The third kappa shape index (κ3) is 4.18. The van der Waals surface area contributed by atoms with E-state index >= 15 is 0 Å². The summed E-state index contributed by atoms with van der Waals surface area (Å²) in [5.41, 5.74) is 1.52. The van der Waals surface area contributed by atoms with Crippen LogP contribution in [0.25, 0.3) is 11.1 Å². The zero-order valence-corrected chi connectivity index (χ0v) is 17.0. The Kier molecular flexibility index (Phi) is 5.37.